The summed E-state index contributed by atoms with van der Waals surface area (Å²) in [5, 5.41) is 0.801. The van der Waals surface area contributed by atoms with Gasteiger partial charge in [0.25, 0.3) is 0 Å². The molecule has 0 radical (unpaired) electrons. The number of H-pyrrole nitrogens is 2. The summed E-state index contributed by atoms with van der Waals surface area (Å²) in [5.74, 6) is -0.755. The van der Waals surface area contributed by atoms with Gasteiger partial charge < -0.3 is 14.7 Å². The lowest BCUT2D eigenvalue weighted by Crippen LogP contribution is -2.06. The number of aromatic nitrogens is 3. The maximum absolute atomic E-state index is 12.8. The van der Waals surface area contributed by atoms with Gasteiger partial charge in [0.15, 0.2) is 0 Å². The molecule has 0 aliphatic carbocycles. The topological polar surface area (TPSA) is 70.8 Å². The number of ether oxygens (including phenoxy) is 1. The minimum atomic E-state index is -4.57. The molecule has 8 heteroatoms. The second kappa shape index (κ2) is 5.62. The van der Waals surface area contributed by atoms with Crippen molar-refractivity contribution in [1.82, 2.24) is 15.0 Å². The molecule has 2 aromatic carbocycles. The normalized spacial score (nSPS) is 12.0. The molecule has 4 aromatic rings. The van der Waals surface area contributed by atoms with Crippen molar-refractivity contribution >= 4 is 27.7 Å². The summed E-state index contributed by atoms with van der Waals surface area (Å²) < 4.78 is 43.4. The van der Waals surface area contributed by atoms with E-state index in [1.54, 1.807) is 31.4 Å². The van der Waals surface area contributed by atoms with Crippen molar-refractivity contribution in [2.45, 2.75) is 6.18 Å². The molecule has 2 heterocycles. The molecule has 0 fully saturated rings. The molecule has 0 unspecified atom stereocenters. The zero-order valence-corrected chi connectivity index (χ0v) is 13.4. The van der Waals surface area contributed by atoms with E-state index < -0.39 is 12.0 Å². The second-order valence-electron chi connectivity index (χ2n) is 5.78. The van der Waals surface area contributed by atoms with Crippen LogP contribution in [0.25, 0.3) is 21.9 Å². The molecule has 0 saturated heterocycles. The highest BCUT2D eigenvalue weighted by Crippen LogP contribution is 2.29. The van der Waals surface area contributed by atoms with E-state index in [2.05, 4.69) is 15.0 Å². The lowest BCUT2D eigenvalue weighted by molar-refractivity contribution is -0.144. The smallest absolute Gasteiger partial charge is 0.449 e. The number of nitrogens with zero attached hydrogens (tertiary/aromatic N) is 1. The van der Waals surface area contributed by atoms with E-state index in [9.17, 15) is 18.0 Å². The van der Waals surface area contributed by atoms with Crippen LogP contribution in [0.2, 0.25) is 0 Å². The molecular formula is C18H12F3N3O2. The van der Waals surface area contributed by atoms with Gasteiger partial charge in [0.1, 0.15) is 5.75 Å². The van der Waals surface area contributed by atoms with E-state index in [-0.39, 0.29) is 22.4 Å². The number of imidazole rings is 1. The van der Waals surface area contributed by atoms with Crippen molar-refractivity contribution in [1.29, 1.82) is 0 Å². The highest BCUT2D eigenvalue weighted by Gasteiger charge is 2.34. The molecule has 0 amide bonds. The van der Waals surface area contributed by atoms with Crippen LogP contribution in [0.15, 0.2) is 42.5 Å². The van der Waals surface area contributed by atoms with Crippen molar-refractivity contribution in [2.24, 2.45) is 0 Å². The largest absolute Gasteiger partial charge is 0.497 e. The number of hydrogen-bond acceptors (Lipinski definition) is 3. The Morgan fingerprint density at radius 3 is 2.58 bits per heavy atom. The number of rotatable bonds is 3. The predicted molar refractivity (Wildman–Crippen MR) is 89.4 cm³/mol. The first-order valence-electron chi connectivity index (χ1n) is 7.63. The number of alkyl halides is 3. The average molecular weight is 359 g/mol. The third-order valence-electron chi connectivity index (χ3n) is 4.09. The van der Waals surface area contributed by atoms with Crippen molar-refractivity contribution in [2.75, 3.05) is 7.11 Å². The molecule has 2 aromatic heterocycles. The Balaban J connectivity index is 1.73. The summed E-state index contributed by atoms with van der Waals surface area (Å²) in [5.41, 5.74) is 1.66. The molecule has 0 bridgehead atoms. The molecule has 0 spiro atoms. The summed E-state index contributed by atoms with van der Waals surface area (Å²) >= 11 is 0. The molecule has 132 valence electrons. The lowest BCUT2D eigenvalue weighted by Gasteiger charge is -1.99. The van der Waals surface area contributed by atoms with Crippen molar-refractivity contribution < 1.29 is 22.7 Å². The molecule has 0 atom stereocenters. The van der Waals surface area contributed by atoms with Gasteiger partial charge in [0, 0.05) is 16.5 Å². The molecular weight excluding hydrogens is 347 g/mol. The summed E-state index contributed by atoms with van der Waals surface area (Å²) in [6.07, 6.45) is -4.57. The summed E-state index contributed by atoms with van der Waals surface area (Å²) in [6, 6.07) is 11.2. The number of carbonyl (C=O) groups excluding carboxylic acids is 1. The van der Waals surface area contributed by atoms with Gasteiger partial charge in [-0.2, -0.15) is 13.2 Å². The van der Waals surface area contributed by atoms with Crippen LogP contribution in [0.5, 0.6) is 5.75 Å². The number of methoxy groups -OCH3 is 1. The first-order valence-corrected chi connectivity index (χ1v) is 7.63. The fourth-order valence-electron chi connectivity index (χ4n) is 2.80. The Kier molecular flexibility index (Phi) is 3.50. The van der Waals surface area contributed by atoms with E-state index in [1.165, 1.54) is 18.2 Å². The zero-order chi connectivity index (χ0) is 18.5. The van der Waals surface area contributed by atoms with E-state index in [0.717, 1.165) is 10.9 Å². The van der Waals surface area contributed by atoms with Gasteiger partial charge in [-0.15, -0.1) is 0 Å². The van der Waals surface area contributed by atoms with E-state index in [0.29, 0.717) is 11.4 Å². The summed E-state index contributed by atoms with van der Waals surface area (Å²) in [6.45, 7) is 0. The van der Waals surface area contributed by atoms with Gasteiger partial charge in [0.2, 0.25) is 11.6 Å². The maximum Gasteiger partial charge on any atom is 0.449 e. The predicted octanol–water partition coefficient (Wildman–Crippen LogP) is 4.30. The number of halogens is 3. The highest BCUT2D eigenvalue weighted by molar-refractivity contribution is 6.11. The summed E-state index contributed by atoms with van der Waals surface area (Å²) in [4.78, 5) is 21.4. The van der Waals surface area contributed by atoms with Gasteiger partial charge in [-0.05, 0) is 42.5 Å². The third-order valence-corrected chi connectivity index (χ3v) is 4.09. The quantitative estimate of drug-likeness (QED) is 0.536. The van der Waals surface area contributed by atoms with Crippen LogP contribution < -0.4 is 4.74 Å². The van der Waals surface area contributed by atoms with Crippen LogP contribution in [0.3, 0.4) is 0 Å². The van der Waals surface area contributed by atoms with E-state index in [4.69, 9.17) is 4.74 Å². The van der Waals surface area contributed by atoms with Gasteiger partial charge in [-0.25, -0.2) is 4.98 Å². The number of fused-ring (bicyclic) bond motifs is 2. The number of benzene rings is 2. The molecule has 0 aliphatic heterocycles. The van der Waals surface area contributed by atoms with Crippen molar-refractivity contribution in [3.8, 4) is 5.75 Å². The SMILES string of the molecule is COc1ccc2[nH]c(C(=O)c3ccc4nc(C(F)(F)F)[nH]c4c3)cc2c1. The zero-order valence-electron chi connectivity index (χ0n) is 13.4. The lowest BCUT2D eigenvalue weighted by atomic mass is 10.1. The van der Waals surface area contributed by atoms with E-state index in [1.807, 2.05) is 0 Å². The minimum absolute atomic E-state index is 0.148. The molecule has 5 nitrogen and oxygen atoms in total. The summed E-state index contributed by atoms with van der Waals surface area (Å²) in [7, 11) is 1.55. The van der Waals surface area contributed by atoms with Crippen LogP contribution in [0.4, 0.5) is 13.2 Å². The van der Waals surface area contributed by atoms with Crippen LogP contribution in [0, 0.1) is 0 Å². The molecule has 2 N–H and O–H groups in total. The molecule has 4 rings (SSSR count). The van der Waals surface area contributed by atoms with Gasteiger partial charge in [-0.3, -0.25) is 4.79 Å². The third kappa shape index (κ3) is 2.69. The number of aromatic amines is 2. The number of ketones is 1. The first kappa shape index (κ1) is 16.2. The first-order chi connectivity index (χ1) is 12.3. The Bertz CT molecular complexity index is 1140. The van der Waals surface area contributed by atoms with Crippen LogP contribution >= 0.6 is 0 Å². The second-order valence-corrected chi connectivity index (χ2v) is 5.78. The van der Waals surface area contributed by atoms with Crippen molar-refractivity contribution in [3.63, 3.8) is 0 Å². The standard InChI is InChI=1S/C18H12F3N3O2/c1-26-11-3-5-12-10(6-11)8-15(22-12)16(25)9-2-4-13-14(7-9)24-17(23-13)18(19,20)21/h2-8,22H,1H3,(H,23,24). The van der Waals surface area contributed by atoms with Gasteiger partial charge in [0.05, 0.1) is 23.8 Å². The fraction of sp³-hybridized carbons (Fsp3) is 0.111. The number of nitrogens with one attached hydrogen (secondary N) is 2. The van der Waals surface area contributed by atoms with E-state index >= 15 is 0 Å². The van der Waals surface area contributed by atoms with Gasteiger partial charge >= 0.3 is 6.18 Å². The molecule has 0 saturated carbocycles. The van der Waals surface area contributed by atoms with Crippen LogP contribution in [-0.4, -0.2) is 27.8 Å². The maximum atomic E-state index is 12.8. The van der Waals surface area contributed by atoms with Gasteiger partial charge in [-0.1, -0.05) is 0 Å². The van der Waals surface area contributed by atoms with Crippen LogP contribution in [-0.2, 0) is 6.18 Å². The van der Waals surface area contributed by atoms with Crippen LogP contribution in [0.1, 0.15) is 21.9 Å². The minimum Gasteiger partial charge on any atom is -0.497 e. The highest BCUT2D eigenvalue weighted by atomic mass is 19.4. The molecule has 26 heavy (non-hydrogen) atoms. The monoisotopic (exact) mass is 359 g/mol. The average Bonchev–Trinajstić information content (AvgIpc) is 3.23. The number of carbonyl (C=O) groups is 1. The molecule has 0 aliphatic rings. The Morgan fingerprint density at radius 1 is 1.04 bits per heavy atom. The van der Waals surface area contributed by atoms with Crippen molar-refractivity contribution in [3.05, 3.63) is 59.5 Å². The Hall–Kier alpha value is -3.29. The Morgan fingerprint density at radius 2 is 1.85 bits per heavy atom. The number of hydrogen-bond donors (Lipinski definition) is 2. The Labute approximate surface area is 144 Å². The fourth-order valence-corrected chi connectivity index (χ4v) is 2.80.